The molecule has 0 bridgehead atoms. The van der Waals surface area contributed by atoms with Crippen molar-refractivity contribution in [1.82, 2.24) is 0 Å². The number of esters is 1. The molecule has 3 heterocycles. The molecule has 222 valence electrons. The van der Waals surface area contributed by atoms with Crippen LogP contribution in [-0.4, -0.2) is 94.9 Å². The average molecular weight is 563 g/mol. The number of epoxide rings is 1. The van der Waals surface area contributed by atoms with Crippen LogP contribution in [0.5, 0.6) is 0 Å². The maximum Gasteiger partial charge on any atom is 0.331 e. The quantitative estimate of drug-likeness (QED) is 0.261. The zero-order valence-electron chi connectivity index (χ0n) is 23.7. The van der Waals surface area contributed by atoms with E-state index in [0.717, 1.165) is 12.0 Å². The molecule has 4 saturated carbocycles. The van der Waals surface area contributed by atoms with E-state index in [9.17, 15) is 24.9 Å². The number of methoxy groups -OCH3 is 1. The first-order valence-electron chi connectivity index (χ1n) is 14.9. The highest BCUT2D eigenvalue weighted by Crippen LogP contribution is 2.76. The molecule has 0 amide bonds. The molecule has 1 spiro atoms. The van der Waals surface area contributed by atoms with E-state index >= 15 is 0 Å². The van der Waals surface area contributed by atoms with Crippen molar-refractivity contribution in [2.24, 2.45) is 28.6 Å². The molecule has 7 aliphatic rings. The number of ether oxygens (including phenoxy) is 5. The maximum atomic E-state index is 14.3. The summed E-state index contributed by atoms with van der Waals surface area (Å²) in [7, 11) is 1.58. The van der Waals surface area contributed by atoms with E-state index in [1.165, 1.54) is 6.08 Å². The predicted molar refractivity (Wildman–Crippen MR) is 138 cm³/mol. The molecule has 6 fully saturated rings. The Morgan fingerprint density at radius 1 is 1.07 bits per heavy atom. The van der Waals surface area contributed by atoms with Crippen molar-refractivity contribution in [3.63, 3.8) is 0 Å². The third-order valence-corrected chi connectivity index (χ3v) is 12.4. The molecule has 10 heteroatoms. The Labute approximate surface area is 234 Å². The predicted octanol–water partition coefficient (Wildman–Crippen LogP) is 1.42. The molecule has 40 heavy (non-hydrogen) atoms. The third-order valence-electron chi connectivity index (χ3n) is 12.4. The SMILES string of the molecule is COC1CC(OC2CCC3(C)C(C2)CC2OC24C3C(=O)C(O)C2(C)C(C3=CC(=O)OC3)CCC24O)OC(C)C1O. The molecule has 14 atom stereocenters. The third kappa shape index (κ3) is 3.30. The van der Waals surface area contributed by atoms with Gasteiger partial charge in [-0.3, -0.25) is 4.79 Å². The Kier molecular flexibility index (Phi) is 6.04. The highest BCUT2D eigenvalue weighted by atomic mass is 16.7. The highest BCUT2D eigenvalue weighted by Gasteiger charge is 2.88. The van der Waals surface area contributed by atoms with E-state index in [4.69, 9.17) is 23.7 Å². The van der Waals surface area contributed by atoms with Gasteiger partial charge < -0.3 is 39.0 Å². The number of aliphatic hydroxyl groups excluding tert-OH is 2. The zero-order valence-corrected chi connectivity index (χ0v) is 23.7. The summed E-state index contributed by atoms with van der Waals surface area (Å²) >= 11 is 0. The molecule has 0 aromatic carbocycles. The fourth-order valence-electron chi connectivity index (χ4n) is 10.2. The number of carbonyl (C=O) groups is 2. The number of fused-ring (bicyclic) bond motifs is 3. The maximum absolute atomic E-state index is 14.3. The average Bonchev–Trinajstić information content (AvgIpc) is 3.36. The number of cyclic esters (lactones) is 1. The Balaban J connectivity index is 1.14. The van der Waals surface area contributed by atoms with Crippen LogP contribution in [0.15, 0.2) is 11.6 Å². The van der Waals surface area contributed by atoms with Gasteiger partial charge >= 0.3 is 5.97 Å². The molecule has 7 rings (SSSR count). The van der Waals surface area contributed by atoms with Gasteiger partial charge in [-0.2, -0.15) is 0 Å². The van der Waals surface area contributed by atoms with Gasteiger partial charge in [-0.05, 0) is 68.3 Å². The van der Waals surface area contributed by atoms with E-state index in [1.54, 1.807) is 14.0 Å². The van der Waals surface area contributed by atoms with Gasteiger partial charge in [0.1, 0.15) is 30.0 Å². The lowest BCUT2D eigenvalue weighted by Crippen LogP contribution is -2.75. The van der Waals surface area contributed by atoms with E-state index in [2.05, 4.69) is 6.92 Å². The van der Waals surface area contributed by atoms with Crippen LogP contribution in [-0.2, 0) is 33.3 Å². The van der Waals surface area contributed by atoms with Crippen molar-refractivity contribution < 1.29 is 48.6 Å². The summed E-state index contributed by atoms with van der Waals surface area (Å²) in [5, 5.41) is 34.6. The van der Waals surface area contributed by atoms with Gasteiger partial charge in [0.15, 0.2) is 12.1 Å². The standard InChI is InChI=1S/C30H42O10/c1-14-23(32)19(36-4)12-22(38-14)39-17-5-7-27(2)16(10-17)11-20-30(40-20)25(27)24(33)26(34)28(3)18(6-8-29(28,30)35)15-9-21(31)37-13-15/h9,14,16-20,22-23,25-26,32,34-35H,5-8,10-13H2,1-4H3. The first-order valence-corrected chi connectivity index (χ1v) is 14.9. The largest absolute Gasteiger partial charge is 0.458 e. The van der Waals surface area contributed by atoms with Crippen LogP contribution in [0.1, 0.15) is 65.7 Å². The van der Waals surface area contributed by atoms with Crippen LogP contribution in [0, 0.1) is 28.6 Å². The topological polar surface area (TPSA) is 144 Å². The van der Waals surface area contributed by atoms with Gasteiger partial charge in [0.05, 0.1) is 30.3 Å². The monoisotopic (exact) mass is 562 g/mol. The Morgan fingerprint density at radius 3 is 2.55 bits per heavy atom. The number of hydrogen-bond donors (Lipinski definition) is 3. The second-order valence-electron chi connectivity index (χ2n) is 13.9. The van der Waals surface area contributed by atoms with Crippen LogP contribution in [0.3, 0.4) is 0 Å². The Morgan fingerprint density at radius 2 is 1.85 bits per heavy atom. The summed E-state index contributed by atoms with van der Waals surface area (Å²) < 4.78 is 29.5. The minimum absolute atomic E-state index is 0.0751. The van der Waals surface area contributed by atoms with Crippen LogP contribution in [0.4, 0.5) is 0 Å². The number of aliphatic hydroxyl groups is 3. The summed E-state index contributed by atoms with van der Waals surface area (Å²) in [6.07, 6.45) is 2.05. The van der Waals surface area contributed by atoms with Crippen LogP contribution in [0.25, 0.3) is 0 Å². The number of ketones is 1. The Bertz CT molecular complexity index is 1140. The van der Waals surface area contributed by atoms with Gasteiger partial charge in [-0.25, -0.2) is 4.79 Å². The van der Waals surface area contributed by atoms with E-state index in [1.807, 2.05) is 6.92 Å². The van der Waals surface area contributed by atoms with Crippen molar-refractivity contribution in [1.29, 1.82) is 0 Å². The van der Waals surface area contributed by atoms with Crippen molar-refractivity contribution >= 4 is 11.8 Å². The minimum Gasteiger partial charge on any atom is -0.458 e. The highest BCUT2D eigenvalue weighted by molar-refractivity contribution is 5.92. The molecule has 0 radical (unpaired) electrons. The van der Waals surface area contributed by atoms with Gasteiger partial charge in [0.2, 0.25) is 0 Å². The number of Topliss-reactive ketones (excluding diaryl/α,β-unsaturated/α-hetero) is 1. The number of carbonyl (C=O) groups excluding carboxylic acids is 2. The molecule has 0 aromatic rings. The normalized spacial score (nSPS) is 56.9. The summed E-state index contributed by atoms with van der Waals surface area (Å²) in [4.78, 5) is 26.1. The summed E-state index contributed by atoms with van der Waals surface area (Å²) in [6.45, 7) is 5.87. The second kappa shape index (κ2) is 8.81. The fourth-order valence-corrected chi connectivity index (χ4v) is 10.2. The van der Waals surface area contributed by atoms with Gasteiger partial charge in [0.25, 0.3) is 0 Å². The molecule has 2 saturated heterocycles. The van der Waals surface area contributed by atoms with Gasteiger partial charge in [-0.1, -0.05) is 13.8 Å². The molecule has 4 aliphatic carbocycles. The summed E-state index contributed by atoms with van der Waals surface area (Å²) in [5.41, 5.74) is -3.32. The van der Waals surface area contributed by atoms with Crippen LogP contribution in [0.2, 0.25) is 0 Å². The lowest BCUT2D eigenvalue weighted by molar-refractivity contribution is -0.272. The van der Waals surface area contributed by atoms with Crippen molar-refractivity contribution in [2.45, 2.75) is 120 Å². The van der Waals surface area contributed by atoms with Gasteiger partial charge in [-0.15, -0.1) is 0 Å². The lowest BCUT2D eigenvalue weighted by Gasteiger charge is -2.62. The van der Waals surface area contributed by atoms with E-state index in [0.29, 0.717) is 38.5 Å². The fraction of sp³-hybridized carbons (Fsp3) is 0.867. The molecule has 14 unspecified atom stereocenters. The molecule has 10 nitrogen and oxygen atoms in total. The molecule has 3 N–H and O–H groups in total. The molecular weight excluding hydrogens is 520 g/mol. The van der Waals surface area contributed by atoms with Crippen LogP contribution < -0.4 is 0 Å². The molecular formula is C30H42O10. The number of hydrogen-bond acceptors (Lipinski definition) is 10. The second-order valence-corrected chi connectivity index (χ2v) is 13.9. The minimum atomic E-state index is -1.40. The first-order chi connectivity index (χ1) is 18.9. The lowest BCUT2D eigenvalue weighted by atomic mass is 9.41. The smallest absolute Gasteiger partial charge is 0.331 e. The summed E-state index contributed by atoms with van der Waals surface area (Å²) in [6, 6.07) is 0. The Hall–Kier alpha value is -1.40. The van der Waals surface area contributed by atoms with Crippen molar-refractivity contribution in [2.75, 3.05) is 13.7 Å². The van der Waals surface area contributed by atoms with Crippen molar-refractivity contribution in [3.05, 3.63) is 11.6 Å². The van der Waals surface area contributed by atoms with E-state index in [-0.39, 0.29) is 42.5 Å². The van der Waals surface area contributed by atoms with E-state index < -0.39 is 58.5 Å². The molecule has 3 aliphatic heterocycles. The number of rotatable bonds is 4. The molecule has 0 aromatic heterocycles. The van der Waals surface area contributed by atoms with Crippen LogP contribution >= 0.6 is 0 Å². The zero-order chi connectivity index (χ0) is 28.4. The summed E-state index contributed by atoms with van der Waals surface area (Å²) in [5.74, 6) is -1.51. The van der Waals surface area contributed by atoms with Crippen molar-refractivity contribution in [3.8, 4) is 0 Å². The van der Waals surface area contributed by atoms with Gasteiger partial charge in [0, 0.05) is 25.0 Å². The first kappa shape index (κ1) is 27.4.